The van der Waals surface area contributed by atoms with Gasteiger partial charge in [-0.25, -0.2) is 0 Å². The number of hydrogen-bond donors (Lipinski definition) is 2. The fourth-order valence-corrected chi connectivity index (χ4v) is 2.19. The van der Waals surface area contributed by atoms with Crippen LogP contribution in [0.5, 0.6) is 0 Å². The summed E-state index contributed by atoms with van der Waals surface area (Å²) < 4.78 is 0. The van der Waals surface area contributed by atoms with Crippen LogP contribution in [0.1, 0.15) is 50.3 Å². The summed E-state index contributed by atoms with van der Waals surface area (Å²) in [4.78, 5) is 0. The van der Waals surface area contributed by atoms with E-state index in [4.69, 9.17) is 5.73 Å². The second kappa shape index (κ2) is 7.66. The molecule has 0 radical (unpaired) electrons. The van der Waals surface area contributed by atoms with Gasteiger partial charge in [0.25, 0.3) is 0 Å². The molecule has 108 valence electrons. The standard InChI is InChI=1S/C17H30N2/c1-14-13-16(17(2,3)4)8-7-15(14)9-12-19-11-6-5-10-18/h7-8,13,19H,5-6,9-12,18H2,1-4H3. The fourth-order valence-electron chi connectivity index (χ4n) is 2.19. The van der Waals surface area contributed by atoms with E-state index in [0.717, 1.165) is 32.5 Å². The summed E-state index contributed by atoms with van der Waals surface area (Å²) in [7, 11) is 0. The molecule has 2 nitrogen and oxygen atoms in total. The van der Waals surface area contributed by atoms with Crippen LogP contribution in [0.15, 0.2) is 18.2 Å². The normalized spacial score (nSPS) is 11.8. The minimum Gasteiger partial charge on any atom is -0.330 e. The van der Waals surface area contributed by atoms with Gasteiger partial charge < -0.3 is 11.1 Å². The second-order valence-corrected chi connectivity index (χ2v) is 6.39. The molecule has 1 rings (SSSR count). The molecule has 0 heterocycles. The average molecular weight is 262 g/mol. The Morgan fingerprint density at radius 1 is 1.11 bits per heavy atom. The van der Waals surface area contributed by atoms with E-state index in [1.54, 1.807) is 0 Å². The monoisotopic (exact) mass is 262 g/mol. The van der Waals surface area contributed by atoms with Gasteiger partial charge in [-0.1, -0.05) is 39.0 Å². The van der Waals surface area contributed by atoms with Crippen molar-refractivity contribution in [3.63, 3.8) is 0 Å². The maximum absolute atomic E-state index is 5.48. The zero-order chi connectivity index (χ0) is 14.3. The van der Waals surface area contributed by atoms with Crippen molar-refractivity contribution in [3.8, 4) is 0 Å². The van der Waals surface area contributed by atoms with Crippen molar-refractivity contribution < 1.29 is 0 Å². The Morgan fingerprint density at radius 2 is 1.84 bits per heavy atom. The van der Waals surface area contributed by atoms with Gasteiger partial charge in [0.2, 0.25) is 0 Å². The van der Waals surface area contributed by atoms with Gasteiger partial charge in [0.05, 0.1) is 0 Å². The van der Waals surface area contributed by atoms with E-state index in [2.05, 4.69) is 51.2 Å². The zero-order valence-electron chi connectivity index (χ0n) is 13.1. The first-order valence-electron chi connectivity index (χ1n) is 7.46. The third kappa shape index (κ3) is 5.75. The lowest BCUT2D eigenvalue weighted by Gasteiger charge is -2.20. The molecule has 3 N–H and O–H groups in total. The number of rotatable bonds is 7. The summed E-state index contributed by atoms with van der Waals surface area (Å²) in [5, 5.41) is 3.49. The molecule has 0 spiro atoms. The van der Waals surface area contributed by atoms with Crippen molar-refractivity contribution in [1.29, 1.82) is 0 Å². The van der Waals surface area contributed by atoms with Crippen LogP contribution >= 0.6 is 0 Å². The van der Waals surface area contributed by atoms with Crippen molar-refractivity contribution in [1.82, 2.24) is 5.32 Å². The van der Waals surface area contributed by atoms with Crippen LogP contribution in [0.4, 0.5) is 0 Å². The number of nitrogens with two attached hydrogens (primary N) is 1. The molecule has 0 fully saturated rings. The topological polar surface area (TPSA) is 38.0 Å². The smallest absolute Gasteiger partial charge is 0.000825 e. The van der Waals surface area contributed by atoms with Gasteiger partial charge in [-0.3, -0.25) is 0 Å². The number of hydrogen-bond acceptors (Lipinski definition) is 2. The molecule has 0 aromatic heterocycles. The molecule has 1 aromatic rings. The third-order valence-corrected chi connectivity index (χ3v) is 3.59. The molecule has 0 aliphatic rings. The van der Waals surface area contributed by atoms with Crippen molar-refractivity contribution in [3.05, 3.63) is 34.9 Å². The Labute approximate surface area is 118 Å². The first-order valence-corrected chi connectivity index (χ1v) is 7.46. The second-order valence-electron chi connectivity index (χ2n) is 6.39. The number of aryl methyl sites for hydroxylation is 1. The van der Waals surface area contributed by atoms with Gasteiger partial charge in [-0.15, -0.1) is 0 Å². The highest BCUT2D eigenvalue weighted by molar-refractivity contribution is 5.34. The summed E-state index contributed by atoms with van der Waals surface area (Å²) in [6.07, 6.45) is 3.41. The Balaban J connectivity index is 2.43. The summed E-state index contributed by atoms with van der Waals surface area (Å²) in [5.41, 5.74) is 10.0. The van der Waals surface area contributed by atoms with Crippen molar-refractivity contribution >= 4 is 0 Å². The summed E-state index contributed by atoms with van der Waals surface area (Å²) in [6, 6.07) is 6.90. The van der Waals surface area contributed by atoms with Crippen LogP contribution < -0.4 is 11.1 Å². The third-order valence-electron chi connectivity index (χ3n) is 3.59. The molecule has 2 heteroatoms. The van der Waals surface area contributed by atoms with Gasteiger partial charge in [0.1, 0.15) is 0 Å². The lowest BCUT2D eigenvalue weighted by Crippen LogP contribution is -2.19. The van der Waals surface area contributed by atoms with Crippen LogP contribution in [0, 0.1) is 6.92 Å². The molecular weight excluding hydrogens is 232 g/mol. The van der Waals surface area contributed by atoms with Gasteiger partial charge >= 0.3 is 0 Å². The minimum absolute atomic E-state index is 0.240. The van der Waals surface area contributed by atoms with Gasteiger partial charge in [-0.2, -0.15) is 0 Å². The zero-order valence-corrected chi connectivity index (χ0v) is 13.1. The fraction of sp³-hybridized carbons (Fsp3) is 0.647. The van der Waals surface area contributed by atoms with E-state index < -0.39 is 0 Å². The highest BCUT2D eigenvalue weighted by Gasteiger charge is 2.14. The molecule has 0 atom stereocenters. The van der Waals surface area contributed by atoms with Crippen molar-refractivity contribution in [2.24, 2.45) is 5.73 Å². The van der Waals surface area contributed by atoms with E-state index in [9.17, 15) is 0 Å². The Morgan fingerprint density at radius 3 is 2.42 bits per heavy atom. The molecule has 0 saturated heterocycles. The van der Waals surface area contributed by atoms with E-state index in [-0.39, 0.29) is 5.41 Å². The van der Waals surface area contributed by atoms with Crippen LogP contribution in [-0.4, -0.2) is 19.6 Å². The predicted molar refractivity (Wildman–Crippen MR) is 84.7 cm³/mol. The summed E-state index contributed by atoms with van der Waals surface area (Å²) in [5.74, 6) is 0. The average Bonchev–Trinajstić information content (AvgIpc) is 2.34. The molecule has 19 heavy (non-hydrogen) atoms. The predicted octanol–water partition coefficient (Wildman–Crippen LogP) is 3.16. The van der Waals surface area contributed by atoms with Gasteiger partial charge in [0, 0.05) is 0 Å². The highest BCUT2D eigenvalue weighted by atomic mass is 14.8. The summed E-state index contributed by atoms with van der Waals surface area (Å²) >= 11 is 0. The number of unbranched alkanes of at least 4 members (excludes halogenated alkanes) is 1. The maximum Gasteiger partial charge on any atom is -0.000825 e. The largest absolute Gasteiger partial charge is 0.330 e. The van der Waals surface area contributed by atoms with Crippen LogP contribution in [0.3, 0.4) is 0 Å². The molecule has 0 saturated carbocycles. The first kappa shape index (κ1) is 16.2. The maximum atomic E-state index is 5.48. The highest BCUT2D eigenvalue weighted by Crippen LogP contribution is 2.24. The minimum atomic E-state index is 0.240. The first-order chi connectivity index (χ1) is 8.95. The number of benzene rings is 1. The molecule has 1 aromatic carbocycles. The molecule has 0 aliphatic heterocycles. The summed E-state index contributed by atoms with van der Waals surface area (Å²) in [6.45, 7) is 12.0. The van der Waals surface area contributed by atoms with E-state index >= 15 is 0 Å². The quantitative estimate of drug-likeness (QED) is 0.741. The molecule has 0 amide bonds. The molecule has 0 aliphatic carbocycles. The van der Waals surface area contributed by atoms with Crippen LogP contribution in [0.2, 0.25) is 0 Å². The van der Waals surface area contributed by atoms with Gasteiger partial charge in [0.15, 0.2) is 0 Å². The lowest BCUT2D eigenvalue weighted by molar-refractivity contribution is 0.588. The number of nitrogens with one attached hydrogen (secondary N) is 1. The van der Waals surface area contributed by atoms with E-state index in [1.807, 2.05) is 0 Å². The van der Waals surface area contributed by atoms with Crippen molar-refractivity contribution in [2.75, 3.05) is 19.6 Å². The van der Waals surface area contributed by atoms with Gasteiger partial charge in [-0.05, 0) is 67.9 Å². The Bertz CT molecular complexity index is 377. The van der Waals surface area contributed by atoms with E-state index in [0.29, 0.717) is 0 Å². The van der Waals surface area contributed by atoms with Crippen molar-refractivity contribution in [2.45, 2.75) is 52.4 Å². The lowest BCUT2D eigenvalue weighted by atomic mass is 9.85. The Kier molecular flexibility index (Phi) is 6.53. The molecular formula is C17H30N2. The SMILES string of the molecule is Cc1cc(C(C)(C)C)ccc1CCNCCCCN. The van der Waals surface area contributed by atoms with E-state index in [1.165, 1.54) is 23.1 Å². The molecule has 0 bridgehead atoms. The Hall–Kier alpha value is -0.860. The van der Waals surface area contributed by atoms with Crippen LogP contribution in [0.25, 0.3) is 0 Å². The van der Waals surface area contributed by atoms with Crippen LogP contribution in [-0.2, 0) is 11.8 Å². The molecule has 0 unspecified atom stereocenters.